The zero-order valence-corrected chi connectivity index (χ0v) is 11.2. The molecule has 4 nitrogen and oxygen atoms in total. The molecule has 1 aromatic heterocycles. The van der Waals surface area contributed by atoms with Crippen molar-refractivity contribution in [2.45, 2.75) is 19.3 Å². The Balaban J connectivity index is 1.60. The Labute approximate surface area is 109 Å². The van der Waals surface area contributed by atoms with Crippen LogP contribution >= 0.6 is 0 Å². The van der Waals surface area contributed by atoms with Gasteiger partial charge in [-0.2, -0.15) is 0 Å². The minimum absolute atomic E-state index is 0.246. The van der Waals surface area contributed by atoms with Gasteiger partial charge in [0.25, 0.3) is 0 Å². The number of aromatic hydroxyl groups is 1. The normalized spacial score (nSPS) is 18.1. The molecule has 0 radical (unpaired) electrons. The van der Waals surface area contributed by atoms with E-state index < -0.39 is 0 Å². The van der Waals surface area contributed by atoms with E-state index in [1.807, 2.05) is 6.07 Å². The summed E-state index contributed by atoms with van der Waals surface area (Å²) in [6.07, 6.45) is 4.93. The molecule has 0 bridgehead atoms. The highest BCUT2D eigenvalue weighted by Gasteiger charge is 2.12. The highest BCUT2D eigenvalue weighted by atomic mass is 16.3. The molecule has 1 saturated heterocycles. The highest BCUT2D eigenvalue weighted by Crippen LogP contribution is 2.09. The second-order valence-corrected chi connectivity index (χ2v) is 5.11. The van der Waals surface area contributed by atoms with Gasteiger partial charge in [0.05, 0.1) is 6.20 Å². The molecule has 0 amide bonds. The van der Waals surface area contributed by atoms with Crippen molar-refractivity contribution in [1.82, 2.24) is 14.8 Å². The molecule has 1 aromatic rings. The predicted molar refractivity (Wildman–Crippen MR) is 72.8 cm³/mol. The smallest absolute Gasteiger partial charge is 0.133 e. The molecule has 0 atom stereocenters. The number of hydrogen-bond donors (Lipinski definition) is 1. The standard InChI is InChI=1S/C14H23N3O/c1-16-8-10-17(11-9-16)7-3-2-4-13-5-6-14(18)12-15-13/h5-6,12,18H,2-4,7-11H2,1H3. The Morgan fingerprint density at radius 1 is 1.17 bits per heavy atom. The van der Waals surface area contributed by atoms with Crippen LogP contribution in [0.2, 0.25) is 0 Å². The second-order valence-electron chi connectivity index (χ2n) is 5.11. The third kappa shape index (κ3) is 4.27. The van der Waals surface area contributed by atoms with Crippen molar-refractivity contribution in [3.63, 3.8) is 0 Å². The number of piperazine rings is 1. The van der Waals surface area contributed by atoms with Gasteiger partial charge < -0.3 is 14.9 Å². The van der Waals surface area contributed by atoms with Crippen LogP contribution in [0.25, 0.3) is 0 Å². The lowest BCUT2D eigenvalue weighted by molar-refractivity contribution is 0.152. The van der Waals surface area contributed by atoms with Crippen molar-refractivity contribution < 1.29 is 5.11 Å². The van der Waals surface area contributed by atoms with Gasteiger partial charge in [0.1, 0.15) is 5.75 Å². The fourth-order valence-corrected chi connectivity index (χ4v) is 2.28. The van der Waals surface area contributed by atoms with Crippen molar-refractivity contribution in [3.8, 4) is 5.75 Å². The summed E-state index contributed by atoms with van der Waals surface area (Å²) in [5.41, 5.74) is 1.08. The SMILES string of the molecule is CN1CCN(CCCCc2ccc(O)cn2)CC1. The summed E-state index contributed by atoms with van der Waals surface area (Å²) in [6, 6.07) is 3.62. The maximum atomic E-state index is 9.15. The molecule has 4 heteroatoms. The molecule has 2 rings (SSSR count). The van der Waals surface area contributed by atoms with E-state index in [1.165, 1.54) is 51.8 Å². The van der Waals surface area contributed by atoms with Crippen LogP contribution in [0, 0.1) is 0 Å². The van der Waals surface area contributed by atoms with Gasteiger partial charge in [0.15, 0.2) is 0 Å². The average molecular weight is 249 g/mol. The molecule has 0 saturated carbocycles. The van der Waals surface area contributed by atoms with Crippen LogP contribution in [0.3, 0.4) is 0 Å². The van der Waals surface area contributed by atoms with Crippen LogP contribution in [-0.2, 0) is 6.42 Å². The van der Waals surface area contributed by atoms with Crippen LogP contribution in [-0.4, -0.2) is 59.7 Å². The molecule has 0 aliphatic carbocycles. The number of hydrogen-bond acceptors (Lipinski definition) is 4. The Kier molecular flexibility index (Phi) is 4.96. The fourth-order valence-electron chi connectivity index (χ4n) is 2.28. The first-order valence-electron chi connectivity index (χ1n) is 6.79. The fraction of sp³-hybridized carbons (Fsp3) is 0.643. The summed E-state index contributed by atoms with van der Waals surface area (Å²) in [5.74, 6) is 0.246. The van der Waals surface area contributed by atoms with Gasteiger partial charge in [0, 0.05) is 31.9 Å². The molecule has 1 aliphatic rings. The maximum Gasteiger partial charge on any atom is 0.133 e. The number of rotatable bonds is 5. The van der Waals surface area contributed by atoms with Crippen LogP contribution < -0.4 is 0 Å². The molecule has 0 aromatic carbocycles. The summed E-state index contributed by atoms with van der Waals surface area (Å²) in [7, 11) is 2.19. The molecular weight excluding hydrogens is 226 g/mol. The van der Waals surface area contributed by atoms with Crippen molar-refractivity contribution in [1.29, 1.82) is 0 Å². The van der Waals surface area contributed by atoms with Gasteiger partial charge in [-0.1, -0.05) is 0 Å². The van der Waals surface area contributed by atoms with E-state index in [9.17, 15) is 0 Å². The van der Waals surface area contributed by atoms with Crippen LogP contribution in [0.5, 0.6) is 5.75 Å². The van der Waals surface area contributed by atoms with E-state index in [1.54, 1.807) is 6.07 Å². The van der Waals surface area contributed by atoms with Crippen molar-refractivity contribution in [2.24, 2.45) is 0 Å². The maximum absolute atomic E-state index is 9.15. The third-order valence-electron chi connectivity index (χ3n) is 3.56. The van der Waals surface area contributed by atoms with Gasteiger partial charge in [0.2, 0.25) is 0 Å². The zero-order valence-electron chi connectivity index (χ0n) is 11.2. The van der Waals surface area contributed by atoms with E-state index >= 15 is 0 Å². The Bertz CT molecular complexity index is 345. The lowest BCUT2D eigenvalue weighted by Crippen LogP contribution is -2.44. The molecule has 2 heterocycles. The molecule has 1 fully saturated rings. The topological polar surface area (TPSA) is 39.6 Å². The minimum atomic E-state index is 0.246. The molecule has 1 aliphatic heterocycles. The first-order chi connectivity index (χ1) is 8.74. The number of unbranched alkanes of at least 4 members (excludes halogenated alkanes) is 1. The molecule has 100 valence electrons. The van der Waals surface area contributed by atoms with Gasteiger partial charge >= 0.3 is 0 Å². The summed E-state index contributed by atoms with van der Waals surface area (Å²) >= 11 is 0. The van der Waals surface area contributed by atoms with Crippen molar-refractivity contribution in [2.75, 3.05) is 39.8 Å². The second kappa shape index (κ2) is 6.71. The summed E-state index contributed by atoms with van der Waals surface area (Å²) in [6.45, 7) is 5.99. The predicted octanol–water partition coefficient (Wildman–Crippen LogP) is 1.36. The third-order valence-corrected chi connectivity index (χ3v) is 3.56. The number of pyridine rings is 1. The lowest BCUT2D eigenvalue weighted by atomic mass is 10.1. The Morgan fingerprint density at radius 2 is 1.94 bits per heavy atom. The quantitative estimate of drug-likeness (QED) is 0.800. The van der Waals surface area contributed by atoms with E-state index in [0.717, 1.165) is 12.1 Å². The first kappa shape index (κ1) is 13.3. The number of likely N-dealkylation sites (N-methyl/N-ethyl adjacent to an activating group) is 1. The van der Waals surface area contributed by atoms with E-state index in [2.05, 4.69) is 21.8 Å². The van der Waals surface area contributed by atoms with Crippen molar-refractivity contribution in [3.05, 3.63) is 24.0 Å². The zero-order chi connectivity index (χ0) is 12.8. The summed E-state index contributed by atoms with van der Waals surface area (Å²) in [4.78, 5) is 9.13. The number of aryl methyl sites for hydroxylation is 1. The largest absolute Gasteiger partial charge is 0.506 e. The molecule has 18 heavy (non-hydrogen) atoms. The average Bonchev–Trinajstić information content (AvgIpc) is 2.39. The monoisotopic (exact) mass is 249 g/mol. The molecule has 1 N–H and O–H groups in total. The molecule has 0 unspecified atom stereocenters. The van der Waals surface area contributed by atoms with E-state index in [0.29, 0.717) is 0 Å². The first-order valence-corrected chi connectivity index (χ1v) is 6.79. The number of aromatic nitrogens is 1. The van der Waals surface area contributed by atoms with Gasteiger partial charge in [-0.15, -0.1) is 0 Å². The van der Waals surface area contributed by atoms with Gasteiger partial charge in [-0.3, -0.25) is 4.98 Å². The number of nitrogens with zero attached hydrogens (tertiary/aromatic N) is 3. The van der Waals surface area contributed by atoms with E-state index in [-0.39, 0.29) is 5.75 Å². The van der Waals surface area contributed by atoms with Gasteiger partial charge in [-0.05, 0) is 45.0 Å². The molecule has 0 spiro atoms. The Hall–Kier alpha value is -1.13. The lowest BCUT2D eigenvalue weighted by Gasteiger charge is -2.32. The van der Waals surface area contributed by atoms with Crippen LogP contribution in [0.4, 0.5) is 0 Å². The Morgan fingerprint density at radius 3 is 2.61 bits per heavy atom. The molecular formula is C14H23N3O. The highest BCUT2D eigenvalue weighted by molar-refractivity contribution is 5.17. The van der Waals surface area contributed by atoms with Crippen LogP contribution in [0.15, 0.2) is 18.3 Å². The summed E-state index contributed by atoms with van der Waals surface area (Å²) in [5, 5.41) is 9.15. The van der Waals surface area contributed by atoms with Crippen molar-refractivity contribution >= 4 is 0 Å². The van der Waals surface area contributed by atoms with Gasteiger partial charge in [-0.25, -0.2) is 0 Å². The summed E-state index contributed by atoms with van der Waals surface area (Å²) < 4.78 is 0. The van der Waals surface area contributed by atoms with Crippen LogP contribution in [0.1, 0.15) is 18.5 Å². The minimum Gasteiger partial charge on any atom is -0.506 e. The van der Waals surface area contributed by atoms with E-state index in [4.69, 9.17) is 5.11 Å².